The van der Waals surface area contributed by atoms with Gasteiger partial charge in [0.2, 0.25) is 0 Å². The molecule has 0 N–H and O–H groups in total. The van der Waals surface area contributed by atoms with Crippen molar-refractivity contribution in [3.63, 3.8) is 0 Å². The third-order valence-electron chi connectivity index (χ3n) is 2.88. The number of nitrogens with zero attached hydrogens (tertiary/aromatic N) is 2. The number of hydrogen-bond acceptors (Lipinski definition) is 5. The Bertz CT molecular complexity index is 436. The summed E-state index contributed by atoms with van der Waals surface area (Å²) in [6, 6.07) is 1.85. The zero-order chi connectivity index (χ0) is 13.1. The van der Waals surface area contributed by atoms with E-state index in [0.717, 1.165) is 24.5 Å². The van der Waals surface area contributed by atoms with E-state index in [-0.39, 0.29) is 5.15 Å². The standard InChI is InChI=1S/C12H15ClN2O3/c1-8-7-9(15-3-5-18-6-4-15)14-11(13)10(8)12(16)17-2/h7H,3-6H2,1-2H3. The Morgan fingerprint density at radius 3 is 2.72 bits per heavy atom. The van der Waals surface area contributed by atoms with Gasteiger partial charge in [0, 0.05) is 13.1 Å². The predicted octanol–water partition coefficient (Wildman–Crippen LogP) is 1.67. The number of pyridine rings is 1. The van der Waals surface area contributed by atoms with Crippen LogP contribution in [-0.2, 0) is 9.47 Å². The molecule has 0 radical (unpaired) electrons. The lowest BCUT2D eigenvalue weighted by molar-refractivity contribution is 0.0599. The van der Waals surface area contributed by atoms with E-state index < -0.39 is 5.97 Å². The van der Waals surface area contributed by atoms with E-state index in [4.69, 9.17) is 16.3 Å². The number of rotatable bonds is 2. The first-order valence-electron chi connectivity index (χ1n) is 5.71. The number of morpholine rings is 1. The highest BCUT2D eigenvalue weighted by molar-refractivity contribution is 6.32. The Morgan fingerprint density at radius 1 is 1.50 bits per heavy atom. The molecule has 6 heteroatoms. The van der Waals surface area contributed by atoms with Gasteiger partial charge in [-0.05, 0) is 18.6 Å². The zero-order valence-electron chi connectivity index (χ0n) is 10.4. The number of methoxy groups -OCH3 is 1. The van der Waals surface area contributed by atoms with E-state index in [1.54, 1.807) is 0 Å². The van der Waals surface area contributed by atoms with Gasteiger partial charge in [-0.2, -0.15) is 0 Å². The highest BCUT2D eigenvalue weighted by Gasteiger charge is 2.19. The van der Waals surface area contributed by atoms with Crippen molar-refractivity contribution in [2.45, 2.75) is 6.92 Å². The minimum absolute atomic E-state index is 0.184. The molecule has 0 aromatic carbocycles. The summed E-state index contributed by atoms with van der Waals surface area (Å²) in [5.41, 5.74) is 1.10. The topological polar surface area (TPSA) is 51.7 Å². The maximum Gasteiger partial charge on any atom is 0.341 e. The highest BCUT2D eigenvalue weighted by Crippen LogP contribution is 2.24. The van der Waals surface area contributed by atoms with Gasteiger partial charge in [-0.1, -0.05) is 11.6 Å². The third-order valence-corrected chi connectivity index (χ3v) is 3.16. The summed E-state index contributed by atoms with van der Waals surface area (Å²) in [5, 5.41) is 0.184. The summed E-state index contributed by atoms with van der Waals surface area (Å²) in [7, 11) is 1.33. The van der Waals surface area contributed by atoms with Crippen LogP contribution in [0.15, 0.2) is 6.07 Å². The molecule has 1 fully saturated rings. The molecule has 5 nitrogen and oxygen atoms in total. The van der Waals surface area contributed by atoms with Crippen molar-refractivity contribution in [1.82, 2.24) is 4.98 Å². The number of ether oxygens (including phenoxy) is 2. The molecule has 1 aliphatic heterocycles. The van der Waals surface area contributed by atoms with Crippen LogP contribution in [0.1, 0.15) is 15.9 Å². The minimum atomic E-state index is -0.460. The molecule has 0 amide bonds. The molecule has 18 heavy (non-hydrogen) atoms. The Morgan fingerprint density at radius 2 is 2.17 bits per heavy atom. The smallest absolute Gasteiger partial charge is 0.341 e. The van der Waals surface area contributed by atoms with Crippen molar-refractivity contribution in [2.75, 3.05) is 38.3 Å². The lowest BCUT2D eigenvalue weighted by Crippen LogP contribution is -2.36. The molecule has 98 valence electrons. The van der Waals surface area contributed by atoms with Crippen LogP contribution in [0, 0.1) is 6.92 Å². The van der Waals surface area contributed by atoms with Gasteiger partial charge in [-0.3, -0.25) is 0 Å². The van der Waals surface area contributed by atoms with Crippen LogP contribution in [0.2, 0.25) is 5.15 Å². The van der Waals surface area contributed by atoms with Crippen LogP contribution in [0.25, 0.3) is 0 Å². The fourth-order valence-electron chi connectivity index (χ4n) is 1.92. The quantitative estimate of drug-likeness (QED) is 0.604. The van der Waals surface area contributed by atoms with Crippen molar-refractivity contribution in [2.24, 2.45) is 0 Å². The lowest BCUT2D eigenvalue weighted by Gasteiger charge is -2.28. The van der Waals surface area contributed by atoms with E-state index >= 15 is 0 Å². The van der Waals surface area contributed by atoms with Crippen molar-refractivity contribution in [3.8, 4) is 0 Å². The lowest BCUT2D eigenvalue weighted by atomic mass is 10.1. The molecule has 0 bridgehead atoms. The summed E-state index contributed by atoms with van der Waals surface area (Å²) in [6.45, 7) is 4.73. The van der Waals surface area contributed by atoms with Gasteiger partial charge < -0.3 is 14.4 Å². The summed E-state index contributed by atoms with van der Waals surface area (Å²) >= 11 is 6.06. The van der Waals surface area contributed by atoms with E-state index in [2.05, 4.69) is 14.6 Å². The number of carbonyl (C=O) groups is 1. The van der Waals surface area contributed by atoms with E-state index in [9.17, 15) is 4.79 Å². The third kappa shape index (κ3) is 2.57. The molecule has 0 aliphatic carbocycles. The molecular formula is C12H15ClN2O3. The monoisotopic (exact) mass is 270 g/mol. The molecule has 0 atom stereocenters. The second-order valence-corrected chi connectivity index (χ2v) is 4.41. The van der Waals surface area contributed by atoms with E-state index in [1.165, 1.54) is 7.11 Å². The fourth-order valence-corrected chi connectivity index (χ4v) is 2.23. The number of anilines is 1. The molecule has 2 rings (SSSR count). The van der Waals surface area contributed by atoms with Crippen molar-refractivity contribution < 1.29 is 14.3 Å². The Hall–Kier alpha value is -1.33. The van der Waals surface area contributed by atoms with Crippen LogP contribution >= 0.6 is 11.6 Å². The molecular weight excluding hydrogens is 256 g/mol. The summed E-state index contributed by atoms with van der Waals surface area (Å²) < 4.78 is 9.97. The summed E-state index contributed by atoms with van der Waals surface area (Å²) in [6.07, 6.45) is 0. The molecule has 0 spiro atoms. The van der Waals surface area contributed by atoms with Gasteiger partial charge in [0.25, 0.3) is 0 Å². The first-order chi connectivity index (χ1) is 8.63. The summed E-state index contributed by atoms with van der Waals surface area (Å²) in [4.78, 5) is 17.9. The van der Waals surface area contributed by atoms with Gasteiger partial charge >= 0.3 is 5.97 Å². The van der Waals surface area contributed by atoms with Gasteiger partial charge in [0.15, 0.2) is 0 Å². The first-order valence-corrected chi connectivity index (χ1v) is 6.09. The molecule has 0 unspecified atom stereocenters. The average Bonchev–Trinajstić information content (AvgIpc) is 2.38. The van der Waals surface area contributed by atoms with Crippen LogP contribution < -0.4 is 4.90 Å². The van der Waals surface area contributed by atoms with Gasteiger partial charge in [-0.15, -0.1) is 0 Å². The van der Waals surface area contributed by atoms with Crippen molar-refractivity contribution in [3.05, 3.63) is 22.3 Å². The largest absolute Gasteiger partial charge is 0.465 e. The van der Waals surface area contributed by atoms with Gasteiger partial charge in [0.05, 0.1) is 20.3 Å². The second kappa shape index (κ2) is 5.54. The fraction of sp³-hybridized carbons (Fsp3) is 0.500. The van der Waals surface area contributed by atoms with E-state index in [0.29, 0.717) is 18.8 Å². The maximum absolute atomic E-state index is 11.6. The number of hydrogen-bond donors (Lipinski definition) is 0. The maximum atomic E-state index is 11.6. The SMILES string of the molecule is COC(=O)c1c(C)cc(N2CCOCC2)nc1Cl. The molecule has 1 saturated heterocycles. The number of esters is 1. The van der Waals surface area contributed by atoms with Crippen LogP contribution in [0.3, 0.4) is 0 Å². The van der Waals surface area contributed by atoms with Gasteiger partial charge in [0.1, 0.15) is 16.5 Å². The molecule has 1 aromatic rings. The van der Waals surface area contributed by atoms with Crippen LogP contribution in [0.5, 0.6) is 0 Å². The Kier molecular flexibility index (Phi) is 4.04. The predicted molar refractivity (Wildman–Crippen MR) is 68.4 cm³/mol. The zero-order valence-corrected chi connectivity index (χ0v) is 11.2. The number of halogens is 1. The molecule has 0 saturated carbocycles. The Labute approximate surface area is 111 Å². The average molecular weight is 271 g/mol. The van der Waals surface area contributed by atoms with Crippen LogP contribution in [0.4, 0.5) is 5.82 Å². The number of carbonyl (C=O) groups excluding carboxylic acids is 1. The molecule has 1 aliphatic rings. The normalized spacial score (nSPS) is 15.6. The van der Waals surface area contributed by atoms with Crippen molar-refractivity contribution in [1.29, 1.82) is 0 Å². The number of aryl methyl sites for hydroxylation is 1. The molecule has 1 aromatic heterocycles. The highest BCUT2D eigenvalue weighted by atomic mass is 35.5. The van der Waals surface area contributed by atoms with Gasteiger partial charge in [-0.25, -0.2) is 9.78 Å². The van der Waals surface area contributed by atoms with E-state index in [1.807, 2.05) is 13.0 Å². The van der Waals surface area contributed by atoms with Crippen LogP contribution in [-0.4, -0.2) is 44.4 Å². The minimum Gasteiger partial charge on any atom is -0.465 e. The van der Waals surface area contributed by atoms with Crippen molar-refractivity contribution >= 4 is 23.4 Å². The Balaban J connectivity index is 2.32. The molecule has 2 heterocycles. The second-order valence-electron chi connectivity index (χ2n) is 4.05. The summed E-state index contributed by atoms with van der Waals surface area (Å²) in [5.74, 6) is 0.312. The number of aromatic nitrogens is 1. The first kappa shape index (κ1) is 13.1.